The molecule has 2 aliphatic heterocycles. The molecule has 8 heteroatoms. The molecule has 2 aliphatic rings. The smallest absolute Gasteiger partial charge is 0.243 e. The molecule has 0 bridgehead atoms. The van der Waals surface area contributed by atoms with Crippen LogP contribution in [0.2, 0.25) is 0 Å². The molecule has 0 atom stereocenters. The van der Waals surface area contributed by atoms with E-state index in [2.05, 4.69) is 10.5 Å². The summed E-state index contributed by atoms with van der Waals surface area (Å²) in [6, 6.07) is 13.2. The molecule has 6 nitrogen and oxygen atoms in total. The van der Waals surface area contributed by atoms with Crippen LogP contribution in [0.25, 0.3) is 0 Å². The van der Waals surface area contributed by atoms with Gasteiger partial charge in [-0.25, -0.2) is 13.4 Å². The van der Waals surface area contributed by atoms with Crippen molar-refractivity contribution >= 4 is 38.4 Å². The Kier molecular flexibility index (Phi) is 6.26. The van der Waals surface area contributed by atoms with Crippen molar-refractivity contribution in [1.29, 1.82) is 0 Å². The number of thioether (sulfide) groups is 1. The highest BCUT2D eigenvalue weighted by Gasteiger charge is 2.26. The van der Waals surface area contributed by atoms with Gasteiger partial charge in [-0.05, 0) is 55.5 Å². The number of para-hydroxylation sites is 1. The lowest BCUT2D eigenvalue weighted by Crippen LogP contribution is -2.35. The maximum atomic E-state index is 12.8. The van der Waals surface area contributed by atoms with Crippen molar-refractivity contribution < 1.29 is 8.42 Å². The number of aliphatic imine (C=N–C) groups is 1. The van der Waals surface area contributed by atoms with E-state index in [1.54, 1.807) is 28.2 Å². The molecule has 2 aromatic carbocycles. The Bertz CT molecular complexity index is 1070. The number of rotatable bonds is 4. The number of sulfonamides is 1. The first kappa shape index (κ1) is 21.1. The third-order valence-corrected chi connectivity index (χ3v) is 8.21. The topological polar surface area (TPSA) is 74.1 Å². The van der Waals surface area contributed by atoms with Crippen molar-refractivity contribution in [3.63, 3.8) is 0 Å². The average Bonchev–Trinajstić information content (AvgIpc) is 2.77. The Labute approximate surface area is 182 Å². The van der Waals surface area contributed by atoms with Crippen LogP contribution in [0.15, 0.2) is 57.5 Å². The molecule has 2 aromatic rings. The van der Waals surface area contributed by atoms with E-state index in [0.717, 1.165) is 52.5 Å². The summed E-state index contributed by atoms with van der Waals surface area (Å²) in [4.78, 5) is 5.07. The molecular formula is C22H26N4O2S2. The highest BCUT2D eigenvalue weighted by Crippen LogP contribution is 2.26. The van der Waals surface area contributed by atoms with Crippen LogP contribution in [-0.2, 0) is 10.0 Å². The summed E-state index contributed by atoms with van der Waals surface area (Å²) in [6.45, 7) is 5.32. The van der Waals surface area contributed by atoms with Crippen LogP contribution < -0.4 is 5.43 Å². The van der Waals surface area contributed by atoms with Gasteiger partial charge >= 0.3 is 0 Å². The summed E-state index contributed by atoms with van der Waals surface area (Å²) in [6.07, 6.45) is 2.97. The number of nitrogens with one attached hydrogen (secondary N) is 1. The van der Waals surface area contributed by atoms with E-state index in [-0.39, 0.29) is 0 Å². The number of aryl methyl sites for hydroxylation is 2. The molecule has 1 N–H and O–H groups in total. The Hall–Kier alpha value is -2.16. The first-order valence-corrected chi connectivity index (χ1v) is 12.6. The molecule has 4 rings (SSSR count). The van der Waals surface area contributed by atoms with Gasteiger partial charge in [-0.3, -0.25) is 5.43 Å². The number of hydrogen-bond acceptors (Lipinski definition) is 5. The lowest BCUT2D eigenvalue weighted by Gasteiger charge is -2.26. The number of hydrazone groups is 1. The minimum Gasteiger partial charge on any atom is -0.255 e. The van der Waals surface area contributed by atoms with Crippen LogP contribution in [0.5, 0.6) is 0 Å². The van der Waals surface area contributed by atoms with Crippen molar-refractivity contribution in [1.82, 2.24) is 9.73 Å². The monoisotopic (exact) mass is 442 g/mol. The van der Waals surface area contributed by atoms with Gasteiger partial charge in [-0.15, -0.1) is 0 Å². The van der Waals surface area contributed by atoms with E-state index in [0.29, 0.717) is 23.7 Å². The van der Waals surface area contributed by atoms with E-state index in [1.165, 1.54) is 0 Å². The Morgan fingerprint density at radius 2 is 1.67 bits per heavy atom. The van der Waals surface area contributed by atoms with Crippen molar-refractivity contribution in [3.8, 4) is 0 Å². The minimum atomic E-state index is -3.41. The van der Waals surface area contributed by atoms with E-state index in [9.17, 15) is 8.42 Å². The lowest BCUT2D eigenvalue weighted by atomic mass is 10.1. The molecule has 30 heavy (non-hydrogen) atoms. The molecular weight excluding hydrogens is 416 g/mol. The third-order valence-electron chi connectivity index (χ3n) is 5.43. The number of benzene rings is 2. The summed E-state index contributed by atoms with van der Waals surface area (Å²) in [5.74, 6) is 0.676. The minimum absolute atomic E-state index is 0.349. The molecule has 0 aromatic heterocycles. The highest BCUT2D eigenvalue weighted by molar-refractivity contribution is 8.14. The van der Waals surface area contributed by atoms with E-state index in [4.69, 9.17) is 4.99 Å². The normalized spacial score (nSPS) is 19.4. The summed E-state index contributed by atoms with van der Waals surface area (Å²) in [7, 11) is -3.41. The van der Waals surface area contributed by atoms with Gasteiger partial charge in [-0.2, -0.15) is 9.41 Å². The van der Waals surface area contributed by atoms with Crippen molar-refractivity contribution in [3.05, 3.63) is 59.2 Å². The Balaban J connectivity index is 1.49. The van der Waals surface area contributed by atoms with Crippen molar-refractivity contribution in [2.24, 2.45) is 10.1 Å². The molecule has 0 amide bonds. The van der Waals surface area contributed by atoms with E-state index >= 15 is 0 Å². The molecule has 1 saturated heterocycles. The van der Waals surface area contributed by atoms with Gasteiger partial charge in [0.2, 0.25) is 10.0 Å². The third kappa shape index (κ3) is 4.45. The number of piperidine rings is 1. The maximum absolute atomic E-state index is 12.8. The zero-order chi connectivity index (χ0) is 21.1. The molecule has 0 saturated carbocycles. The van der Waals surface area contributed by atoms with Crippen LogP contribution in [0, 0.1) is 13.8 Å². The van der Waals surface area contributed by atoms with Gasteiger partial charge in [0.25, 0.3) is 0 Å². The molecule has 1 fully saturated rings. The Morgan fingerprint density at radius 1 is 1.00 bits per heavy atom. The van der Waals surface area contributed by atoms with Crippen LogP contribution >= 0.6 is 11.8 Å². The standard InChI is InChI=1S/C22H26N4O2S2/c1-16-7-6-8-17(2)21(16)23-22-25-24-20(15-29-22)18-9-11-19(12-10-18)30(27,28)26-13-4-3-5-14-26/h6-12H,3-5,13-15H2,1-2H3,(H,23,25). The molecule has 0 spiro atoms. The molecule has 158 valence electrons. The van der Waals surface area contributed by atoms with Gasteiger partial charge in [-0.1, -0.05) is 48.5 Å². The SMILES string of the molecule is Cc1cccc(C)c1N=C1NN=C(c2ccc(S(=O)(=O)N3CCCCC3)cc2)CS1. The van der Waals surface area contributed by atoms with E-state index < -0.39 is 10.0 Å². The fourth-order valence-electron chi connectivity index (χ4n) is 3.68. The van der Waals surface area contributed by atoms with Gasteiger partial charge in [0.1, 0.15) is 0 Å². The summed E-state index contributed by atoms with van der Waals surface area (Å²) in [5.41, 5.74) is 8.06. The number of nitrogens with zero attached hydrogens (tertiary/aromatic N) is 3. The first-order valence-electron chi connectivity index (χ1n) is 10.2. The van der Waals surface area contributed by atoms with Gasteiger partial charge in [0.15, 0.2) is 5.17 Å². The van der Waals surface area contributed by atoms with Gasteiger partial charge in [0.05, 0.1) is 16.3 Å². The van der Waals surface area contributed by atoms with E-state index in [1.807, 2.05) is 44.2 Å². The predicted octanol–water partition coefficient (Wildman–Crippen LogP) is 4.21. The van der Waals surface area contributed by atoms with Gasteiger partial charge in [0, 0.05) is 18.8 Å². The highest BCUT2D eigenvalue weighted by atomic mass is 32.2. The second-order valence-electron chi connectivity index (χ2n) is 7.61. The Morgan fingerprint density at radius 3 is 2.27 bits per heavy atom. The molecule has 0 aliphatic carbocycles. The van der Waals surface area contributed by atoms with Crippen molar-refractivity contribution in [2.45, 2.75) is 38.0 Å². The largest absolute Gasteiger partial charge is 0.255 e. The fourth-order valence-corrected chi connectivity index (χ4v) is 5.97. The van der Waals surface area contributed by atoms with Crippen LogP contribution in [0.3, 0.4) is 0 Å². The summed E-state index contributed by atoms with van der Waals surface area (Å²) >= 11 is 1.59. The number of amidine groups is 1. The maximum Gasteiger partial charge on any atom is 0.243 e. The fraction of sp³-hybridized carbons (Fsp3) is 0.364. The van der Waals surface area contributed by atoms with Crippen LogP contribution in [-0.4, -0.2) is 42.4 Å². The quantitative estimate of drug-likeness (QED) is 0.770. The lowest BCUT2D eigenvalue weighted by molar-refractivity contribution is 0.346. The number of hydrogen-bond donors (Lipinski definition) is 1. The zero-order valence-corrected chi connectivity index (χ0v) is 18.9. The first-order chi connectivity index (χ1) is 14.4. The predicted molar refractivity (Wildman–Crippen MR) is 124 cm³/mol. The second-order valence-corrected chi connectivity index (χ2v) is 10.5. The summed E-state index contributed by atoms with van der Waals surface area (Å²) < 4.78 is 27.2. The molecule has 2 heterocycles. The van der Waals surface area contributed by atoms with Crippen molar-refractivity contribution in [2.75, 3.05) is 18.8 Å². The average molecular weight is 443 g/mol. The summed E-state index contributed by atoms with van der Waals surface area (Å²) in [5, 5.41) is 5.24. The van der Waals surface area contributed by atoms with Crippen LogP contribution in [0.1, 0.15) is 36.0 Å². The molecule has 0 unspecified atom stereocenters. The second kappa shape index (κ2) is 8.91. The van der Waals surface area contributed by atoms with Gasteiger partial charge < -0.3 is 0 Å². The zero-order valence-electron chi connectivity index (χ0n) is 17.3. The van der Waals surface area contributed by atoms with Crippen LogP contribution in [0.4, 0.5) is 5.69 Å². The molecule has 0 radical (unpaired) electrons.